The fraction of sp³-hybridized carbons (Fsp3) is 0. The molecule has 1 rings (SSSR count). The number of nitrogens with one attached hydrogen (secondary N) is 2. The maximum absolute atomic E-state index is 10.6. The van der Waals surface area contributed by atoms with Gasteiger partial charge in [0, 0.05) is 0 Å². The highest BCUT2D eigenvalue weighted by Gasteiger charge is 2.09. The standard InChI is InChI=1S/C8H8N2O4/c11-4-9-10-5-1-2-7(12)6(3-5)8(13)14/h1-4,10,12H,(H,9,11)(H,13,14). The van der Waals surface area contributed by atoms with Gasteiger partial charge in [-0.05, 0) is 18.2 Å². The lowest BCUT2D eigenvalue weighted by molar-refractivity contribution is -0.109. The van der Waals surface area contributed by atoms with Crippen molar-refractivity contribution in [1.82, 2.24) is 5.43 Å². The highest BCUT2D eigenvalue weighted by molar-refractivity contribution is 5.92. The number of amides is 1. The van der Waals surface area contributed by atoms with Gasteiger partial charge in [0.2, 0.25) is 6.41 Å². The smallest absolute Gasteiger partial charge is 0.339 e. The number of hydrogen-bond acceptors (Lipinski definition) is 4. The molecule has 4 N–H and O–H groups in total. The molecule has 6 nitrogen and oxygen atoms in total. The molecule has 0 saturated heterocycles. The largest absolute Gasteiger partial charge is 0.507 e. The van der Waals surface area contributed by atoms with E-state index < -0.39 is 5.97 Å². The van der Waals surface area contributed by atoms with E-state index in [4.69, 9.17) is 10.2 Å². The lowest BCUT2D eigenvalue weighted by atomic mass is 10.2. The second-order valence-corrected chi connectivity index (χ2v) is 2.42. The second-order valence-electron chi connectivity index (χ2n) is 2.42. The summed E-state index contributed by atoms with van der Waals surface area (Å²) >= 11 is 0. The number of phenols is 1. The van der Waals surface area contributed by atoms with Gasteiger partial charge in [0.15, 0.2) is 0 Å². The number of carbonyl (C=O) groups excluding carboxylic acids is 1. The molecule has 0 spiro atoms. The first-order valence-electron chi connectivity index (χ1n) is 3.66. The molecule has 0 radical (unpaired) electrons. The summed E-state index contributed by atoms with van der Waals surface area (Å²) in [6, 6.07) is 3.85. The van der Waals surface area contributed by atoms with Crippen LogP contribution < -0.4 is 10.9 Å². The summed E-state index contributed by atoms with van der Waals surface area (Å²) in [4.78, 5) is 20.5. The van der Waals surface area contributed by atoms with Crippen LogP contribution in [-0.2, 0) is 4.79 Å². The van der Waals surface area contributed by atoms with Crippen molar-refractivity contribution >= 4 is 18.1 Å². The van der Waals surface area contributed by atoms with Crippen molar-refractivity contribution < 1.29 is 19.8 Å². The average molecular weight is 196 g/mol. The number of hydrogen-bond donors (Lipinski definition) is 4. The first kappa shape index (κ1) is 9.85. The van der Waals surface area contributed by atoms with Crippen LogP contribution in [0.15, 0.2) is 18.2 Å². The number of hydrazine groups is 1. The third-order valence-electron chi connectivity index (χ3n) is 1.50. The van der Waals surface area contributed by atoms with E-state index in [-0.39, 0.29) is 11.3 Å². The highest BCUT2D eigenvalue weighted by Crippen LogP contribution is 2.20. The molecule has 0 bridgehead atoms. The molecule has 0 aliphatic heterocycles. The van der Waals surface area contributed by atoms with Crippen molar-refractivity contribution in [1.29, 1.82) is 0 Å². The second kappa shape index (κ2) is 4.13. The van der Waals surface area contributed by atoms with Crippen LogP contribution >= 0.6 is 0 Å². The topological polar surface area (TPSA) is 98.7 Å². The van der Waals surface area contributed by atoms with Crippen LogP contribution in [0.2, 0.25) is 0 Å². The SMILES string of the molecule is O=CNNc1ccc(O)c(C(=O)O)c1. The quantitative estimate of drug-likeness (QED) is 0.312. The summed E-state index contributed by atoms with van der Waals surface area (Å²) in [5.41, 5.74) is 4.70. The zero-order valence-corrected chi connectivity index (χ0v) is 7.02. The number of rotatable bonds is 4. The lowest BCUT2D eigenvalue weighted by Crippen LogP contribution is -2.19. The van der Waals surface area contributed by atoms with E-state index in [1.807, 2.05) is 0 Å². The number of carbonyl (C=O) groups is 2. The molecule has 0 heterocycles. The Labute approximate surface area is 79.1 Å². The summed E-state index contributed by atoms with van der Waals surface area (Å²) in [6.07, 6.45) is 0.410. The number of carboxylic acid groups (broad SMARTS) is 1. The molecular weight excluding hydrogens is 188 g/mol. The lowest BCUT2D eigenvalue weighted by Gasteiger charge is -2.05. The Hall–Kier alpha value is -2.24. The predicted octanol–water partition coefficient (Wildman–Crippen LogP) is 0.163. The van der Waals surface area contributed by atoms with Gasteiger partial charge in [-0.2, -0.15) is 0 Å². The molecule has 14 heavy (non-hydrogen) atoms. The summed E-state index contributed by atoms with van der Waals surface area (Å²) in [5, 5.41) is 17.8. The predicted molar refractivity (Wildman–Crippen MR) is 47.9 cm³/mol. The molecular formula is C8H8N2O4. The van der Waals surface area contributed by atoms with Crippen LogP contribution in [-0.4, -0.2) is 22.6 Å². The molecule has 1 aromatic carbocycles. The molecule has 0 saturated carbocycles. The first-order valence-corrected chi connectivity index (χ1v) is 3.66. The average Bonchev–Trinajstić information content (AvgIpc) is 2.16. The molecule has 1 amide bonds. The van der Waals surface area contributed by atoms with Gasteiger partial charge in [-0.15, -0.1) is 0 Å². The van der Waals surface area contributed by atoms with Crippen molar-refractivity contribution in [3.8, 4) is 5.75 Å². The number of anilines is 1. The molecule has 0 atom stereocenters. The number of aromatic hydroxyl groups is 1. The minimum Gasteiger partial charge on any atom is -0.507 e. The van der Waals surface area contributed by atoms with Crippen molar-refractivity contribution in [3.63, 3.8) is 0 Å². The number of aromatic carboxylic acids is 1. The zero-order chi connectivity index (χ0) is 10.6. The van der Waals surface area contributed by atoms with Crippen LogP contribution in [0.3, 0.4) is 0 Å². The molecule has 0 fully saturated rings. The van der Waals surface area contributed by atoms with Gasteiger partial charge < -0.3 is 10.2 Å². The maximum atomic E-state index is 10.6. The summed E-state index contributed by atoms with van der Waals surface area (Å²) in [6.45, 7) is 0. The molecule has 0 aliphatic carbocycles. The monoisotopic (exact) mass is 196 g/mol. The summed E-state index contributed by atoms with van der Waals surface area (Å²) in [5.74, 6) is -1.56. The van der Waals surface area contributed by atoms with E-state index >= 15 is 0 Å². The van der Waals surface area contributed by atoms with Gasteiger partial charge in [-0.3, -0.25) is 15.6 Å². The van der Waals surface area contributed by atoms with Crippen LogP contribution in [0.5, 0.6) is 5.75 Å². The maximum Gasteiger partial charge on any atom is 0.339 e. The van der Waals surface area contributed by atoms with E-state index in [9.17, 15) is 9.59 Å². The minimum absolute atomic E-state index is 0.234. The summed E-state index contributed by atoms with van der Waals surface area (Å²) in [7, 11) is 0. The van der Waals surface area contributed by atoms with Gasteiger partial charge in [0.25, 0.3) is 0 Å². The van der Waals surface area contributed by atoms with E-state index in [0.29, 0.717) is 12.1 Å². The molecule has 1 aromatic rings. The van der Waals surface area contributed by atoms with Crippen LogP contribution in [0.4, 0.5) is 5.69 Å². The van der Waals surface area contributed by atoms with Gasteiger partial charge in [0.05, 0.1) is 5.69 Å². The van der Waals surface area contributed by atoms with Gasteiger partial charge in [0.1, 0.15) is 11.3 Å². The first-order chi connectivity index (χ1) is 6.65. The Balaban J connectivity index is 2.94. The Bertz CT molecular complexity index is 364. The fourth-order valence-corrected chi connectivity index (χ4v) is 0.898. The molecule has 0 unspecified atom stereocenters. The third-order valence-corrected chi connectivity index (χ3v) is 1.50. The van der Waals surface area contributed by atoms with Gasteiger partial charge in [-0.1, -0.05) is 0 Å². The normalized spacial score (nSPS) is 9.14. The van der Waals surface area contributed by atoms with Crippen molar-refractivity contribution in [2.24, 2.45) is 0 Å². The number of carboxylic acids is 1. The van der Waals surface area contributed by atoms with Crippen molar-refractivity contribution in [2.45, 2.75) is 0 Å². The molecule has 0 aliphatic rings. The Kier molecular flexibility index (Phi) is 2.90. The molecule has 74 valence electrons. The highest BCUT2D eigenvalue weighted by atomic mass is 16.4. The van der Waals surface area contributed by atoms with Crippen LogP contribution in [0.1, 0.15) is 10.4 Å². The number of benzene rings is 1. The Morgan fingerprint density at radius 2 is 2.14 bits per heavy atom. The van der Waals surface area contributed by atoms with E-state index in [1.54, 1.807) is 0 Å². The van der Waals surface area contributed by atoms with Crippen LogP contribution in [0.25, 0.3) is 0 Å². The van der Waals surface area contributed by atoms with Crippen molar-refractivity contribution in [3.05, 3.63) is 23.8 Å². The molecule has 6 heteroatoms. The molecule has 0 aromatic heterocycles. The van der Waals surface area contributed by atoms with Gasteiger partial charge >= 0.3 is 5.97 Å². The Morgan fingerprint density at radius 3 is 2.71 bits per heavy atom. The summed E-state index contributed by atoms with van der Waals surface area (Å²) < 4.78 is 0. The van der Waals surface area contributed by atoms with E-state index in [0.717, 1.165) is 0 Å². The van der Waals surface area contributed by atoms with E-state index in [2.05, 4.69) is 10.9 Å². The van der Waals surface area contributed by atoms with Crippen LogP contribution in [0, 0.1) is 0 Å². The minimum atomic E-state index is -1.24. The zero-order valence-electron chi connectivity index (χ0n) is 7.02. The Morgan fingerprint density at radius 1 is 1.43 bits per heavy atom. The third kappa shape index (κ3) is 2.13. The van der Waals surface area contributed by atoms with Gasteiger partial charge in [-0.25, -0.2) is 4.79 Å². The van der Waals surface area contributed by atoms with E-state index in [1.165, 1.54) is 18.2 Å². The fourth-order valence-electron chi connectivity index (χ4n) is 0.898. The van der Waals surface area contributed by atoms with Crippen molar-refractivity contribution in [2.75, 3.05) is 5.43 Å².